The molecule has 2 unspecified atom stereocenters. The van der Waals surface area contributed by atoms with Crippen molar-refractivity contribution in [3.8, 4) is 11.5 Å². The molecular formula is C20H25NO2. The molecule has 1 aliphatic rings. The molecule has 23 heavy (non-hydrogen) atoms. The Hall–Kier alpha value is -2.00. The molecule has 122 valence electrons. The van der Waals surface area contributed by atoms with Gasteiger partial charge in [0.2, 0.25) is 0 Å². The lowest BCUT2D eigenvalue weighted by atomic mass is 9.81. The number of hydrogen-bond acceptors (Lipinski definition) is 3. The number of aryl methyl sites for hydroxylation is 1. The van der Waals surface area contributed by atoms with E-state index in [0.29, 0.717) is 5.92 Å². The lowest BCUT2D eigenvalue weighted by Crippen LogP contribution is -2.33. The molecule has 2 aromatic carbocycles. The van der Waals surface area contributed by atoms with E-state index < -0.39 is 0 Å². The summed E-state index contributed by atoms with van der Waals surface area (Å²) in [6, 6.07) is 16.6. The van der Waals surface area contributed by atoms with E-state index in [0.717, 1.165) is 30.9 Å². The molecule has 0 N–H and O–H groups in total. The van der Waals surface area contributed by atoms with Gasteiger partial charge in [-0.25, -0.2) is 0 Å². The average molecular weight is 311 g/mol. The van der Waals surface area contributed by atoms with Crippen molar-refractivity contribution in [2.75, 3.05) is 27.7 Å². The summed E-state index contributed by atoms with van der Waals surface area (Å²) in [5, 5.41) is 0. The third-order valence-electron chi connectivity index (χ3n) is 4.50. The number of para-hydroxylation sites is 2. The monoisotopic (exact) mass is 311 g/mol. The number of hydrogen-bond donors (Lipinski definition) is 0. The van der Waals surface area contributed by atoms with Crippen LogP contribution in [0.5, 0.6) is 11.5 Å². The van der Waals surface area contributed by atoms with Gasteiger partial charge < -0.3 is 14.4 Å². The predicted molar refractivity (Wildman–Crippen MR) is 93.2 cm³/mol. The second kappa shape index (κ2) is 7.05. The molecule has 0 saturated heterocycles. The Morgan fingerprint density at radius 1 is 1.00 bits per heavy atom. The Bertz CT molecular complexity index is 654. The zero-order chi connectivity index (χ0) is 16.2. The van der Waals surface area contributed by atoms with E-state index in [-0.39, 0.29) is 6.10 Å². The lowest BCUT2D eigenvalue weighted by Gasteiger charge is -2.35. The lowest BCUT2D eigenvalue weighted by molar-refractivity contribution is 0.0956. The van der Waals surface area contributed by atoms with E-state index in [4.69, 9.17) is 9.47 Å². The van der Waals surface area contributed by atoms with Gasteiger partial charge in [0.25, 0.3) is 0 Å². The molecule has 2 aromatic rings. The van der Waals surface area contributed by atoms with Gasteiger partial charge in [0, 0.05) is 12.5 Å². The largest absolute Gasteiger partial charge is 0.493 e. The number of fused-ring (bicyclic) bond motifs is 1. The molecule has 1 aliphatic carbocycles. The Balaban J connectivity index is 1.94. The Labute approximate surface area is 138 Å². The van der Waals surface area contributed by atoms with Crippen molar-refractivity contribution < 1.29 is 9.47 Å². The van der Waals surface area contributed by atoms with E-state index in [1.165, 1.54) is 11.1 Å². The van der Waals surface area contributed by atoms with Crippen molar-refractivity contribution in [1.82, 2.24) is 4.90 Å². The van der Waals surface area contributed by atoms with Crippen molar-refractivity contribution in [2.45, 2.75) is 18.9 Å². The van der Waals surface area contributed by atoms with Gasteiger partial charge in [0.1, 0.15) is 6.10 Å². The SMILES string of the molecule is COc1ccccc1OC1c2ccccc2CCC1CN(C)C. The van der Waals surface area contributed by atoms with Gasteiger partial charge in [-0.05, 0) is 50.2 Å². The topological polar surface area (TPSA) is 21.7 Å². The molecule has 0 saturated carbocycles. The van der Waals surface area contributed by atoms with Crippen LogP contribution < -0.4 is 9.47 Å². The smallest absolute Gasteiger partial charge is 0.162 e. The summed E-state index contributed by atoms with van der Waals surface area (Å²) in [4.78, 5) is 2.25. The molecule has 3 nitrogen and oxygen atoms in total. The van der Waals surface area contributed by atoms with Crippen LogP contribution in [0, 0.1) is 5.92 Å². The second-order valence-electron chi connectivity index (χ2n) is 6.45. The summed E-state index contributed by atoms with van der Waals surface area (Å²) in [5.41, 5.74) is 2.72. The molecule has 0 aromatic heterocycles. The van der Waals surface area contributed by atoms with Crippen LogP contribution in [0.1, 0.15) is 23.7 Å². The van der Waals surface area contributed by atoms with Crippen molar-refractivity contribution in [3.63, 3.8) is 0 Å². The number of methoxy groups -OCH3 is 1. The van der Waals surface area contributed by atoms with Gasteiger partial charge in [-0.1, -0.05) is 36.4 Å². The van der Waals surface area contributed by atoms with E-state index in [9.17, 15) is 0 Å². The Kier molecular flexibility index (Phi) is 4.87. The number of benzene rings is 2. The highest BCUT2D eigenvalue weighted by Gasteiger charge is 2.32. The highest BCUT2D eigenvalue weighted by atomic mass is 16.5. The molecule has 0 amide bonds. The van der Waals surface area contributed by atoms with Crippen LogP contribution in [0.25, 0.3) is 0 Å². The molecule has 0 bridgehead atoms. The van der Waals surface area contributed by atoms with Crippen LogP contribution in [-0.2, 0) is 6.42 Å². The fraction of sp³-hybridized carbons (Fsp3) is 0.400. The highest BCUT2D eigenvalue weighted by Crippen LogP contribution is 2.40. The molecule has 0 aliphatic heterocycles. The third-order valence-corrected chi connectivity index (χ3v) is 4.50. The molecular weight excluding hydrogens is 286 g/mol. The molecule has 0 heterocycles. The summed E-state index contributed by atoms with van der Waals surface area (Å²) < 4.78 is 11.9. The minimum absolute atomic E-state index is 0.0682. The molecule has 0 radical (unpaired) electrons. The van der Waals surface area contributed by atoms with Gasteiger partial charge in [-0.3, -0.25) is 0 Å². The third kappa shape index (κ3) is 3.50. The first-order valence-corrected chi connectivity index (χ1v) is 8.21. The maximum atomic E-state index is 6.47. The van der Waals surface area contributed by atoms with Gasteiger partial charge in [-0.15, -0.1) is 0 Å². The summed E-state index contributed by atoms with van der Waals surface area (Å²) in [6.45, 7) is 1.02. The van der Waals surface area contributed by atoms with E-state index in [2.05, 4.69) is 43.3 Å². The van der Waals surface area contributed by atoms with Crippen LogP contribution in [0.4, 0.5) is 0 Å². The molecule has 3 rings (SSSR count). The molecule has 2 atom stereocenters. The van der Waals surface area contributed by atoms with Crippen LogP contribution in [0.2, 0.25) is 0 Å². The highest BCUT2D eigenvalue weighted by molar-refractivity contribution is 5.41. The number of nitrogens with zero attached hydrogens (tertiary/aromatic N) is 1. The van der Waals surface area contributed by atoms with Crippen molar-refractivity contribution in [2.24, 2.45) is 5.92 Å². The van der Waals surface area contributed by atoms with Gasteiger partial charge in [0.15, 0.2) is 11.5 Å². The van der Waals surface area contributed by atoms with Crippen molar-refractivity contribution >= 4 is 0 Å². The predicted octanol–water partition coefficient (Wildman–Crippen LogP) is 3.94. The normalized spacial score (nSPS) is 20.2. The summed E-state index contributed by atoms with van der Waals surface area (Å²) >= 11 is 0. The molecule has 3 heteroatoms. The molecule has 0 spiro atoms. The minimum Gasteiger partial charge on any atom is -0.493 e. The van der Waals surface area contributed by atoms with Crippen LogP contribution in [0.15, 0.2) is 48.5 Å². The van der Waals surface area contributed by atoms with E-state index in [1.54, 1.807) is 7.11 Å². The van der Waals surface area contributed by atoms with Gasteiger partial charge in [-0.2, -0.15) is 0 Å². The van der Waals surface area contributed by atoms with Crippen molar-refractivity contribution in [1.29, 1.82) is 0 Å². The summed E-state index contributed by atoms with van der Waals surface area (Å²) in [5.74, 6) is 2.09. The van der Waals surface area contributed by atoms with Crippen LogP contribution in [-0.4, -0.2) is 32.6 Å². The number of rotatable bonds is 5. The maximum absolute atomic E-state index is 6.47. The first-order chi connectivity index (χ1) is 11.2. The quantitative estimate of drug-likeness (QED) is 0.835. The van der Waals surface area contributed by atoms with Crippen LogP contribution >= 0.6 is 0 Å². The average Bonchev–Trinajstić information content (AvgIpc) is 2.57. The Morgan fingerprint density at radius 3 is 2.43 bits per heavy atom. The maximum Gasteiger partial charge on any atom is 0.162 e. The fourth-order valence-electron chi connectivity index (χ4n) is 3.45. The molecule has 0 fully saturated rings. The first-order valence-electron chi connectivity index (χ1n) is 8.21. The van der Waals surface area contributed by atoms with E-state index >= 15 is 0 Å². The van der Waals surface area contributed by atoms with Crippen molar-refractivity contribution in [3.05, 3.63) is 59.7 Å². The van der Waals surface area contributed by atoms with E-state index in [1.807, 2.05) is 24.3 Å². The van der Waals surface area contributed by atoms with Gasteiger partial charge >= 0.3 is 0 Å². The fourth-order valence-corrected chi connectivity index (χ4v) is 3.45. The van der Waals surface area contributed by atoms with Crippen LogP contribution in [0.3, 0.4) is 0 Å². The Morgan fingerprint density at radius 2 is 1.70 bits per heavy atom. The minimum atomic E-state index is 0.0682. The second-order valence-corrected chi connectivity index (χ2v) is 6.45. The summed E-state index contributed by atoms with van der Waals surface area (Å²) in [7, 11) is 5.94. The first kappa shape index (κ1) is 15.9. The van der Waals surface area contributed by atoms with Gasteiger partial charge in [0.05, 0.1) is 7.11 Å². The summed E-state index contributed by atoms with van der Waals surface area (Å²) in [6.07, 6.45) is 2.34. The zero-order valence-electron chi connectivity index (χ0n) is 14.2. The standard InChI is InChI=1S/C20H25NO2/c1-21(2)14-16-13-12-15-8-4-5-9-17(15)20(16)23-19-11-7-6-10-18(19)22-3/h4-11,16,20H,12-14H2,1-3H3. The number of ether oxygens (including phenoxy) is 2. The zero-order valence-corrected chi connectivity index (χ0v) is 14.2.